The smallest absolute Gasteiger partial charge is 0.257 e. The molecule has 9 heteroatoms. The van der Waals surface area contributed by atoms with Crippen LogP contribution in [0, 0.1) is 26.6 Å². The Bertz CT molecular complexity index is 1030. The number of carbonyl (C=O) groups is 2. The van der Waals surface area contributed by atoms with E-state index in [4.69, 9.17) is 4.74 Å². The summed E-state index contributed by atoms with van der Waals surface area (Å²) >= 11 is 0. The third-order valence-electron chi connectivity index (χ3n) is 6.15. The van der Waals surface area contributed by atoms with Crippen molar-refractivity contribution in [2.75, 3.05) is 25.1 Å². The number of ether oxygens (including phenoxy) is 1. The first-order valence-corrected chi connectivity index (χ1v) is 10.5. The summed E-state index contributed by atoms with van der Waals surface area (Å²) in [5.74, 6) is -1.44. The van der Waals surface area contributed by atoms with Gasteiger partial charge in [-0.2, -0.15) is 0 Å². The van der Waals surface area contributed by atoms with Crippen LogP contribution in [0.25, 0.3) is 0 Å². The van der Waals surface area contributed by atoms with Crippen LogP contribution in [0.3, 0.4) is 0 Å². The van der Waals surface area contributed by atoms with E-state index in [1.807, 2.05) is 0 Å². The molecule has 4 N–H and O–H groups in total. The number of benzene rings is 1. The normalized spacial score (nSPS) is 16.5. The van der Waals surface area contributed by atoms with E-state index in [-0.39, 0.29) is 12.4 Å². The Balaban J connectivity index is 1.77. The van der Waals surface area contributed by atoms with Gasteiger partial charge >= 0.3 is 0 Å². The number of hydrogen-bond acceptors (Lipinski definition) is 5. The van der Waals surface area contributed by atoms with Gasteiger partial charge < -0.3 is 30.2 Å². The SMILES string of the molecule is Cc1cc(NC(=O)c2c(C)c(C(O)C(=O)NCC3(O)CCOCC3)n(C)c2C)ccc1F. The molecule has 1 aromatic heterocycles. The molecule has 2 aromatic rings. The highest BCUT2D eigenvalue weighted by atomic mass is 19.1. The number of nitrogens with one attached hydrogen (secondary N) is 2. The van der Waals surface area contributed by atoms with Crippen molar-refractivity contribution in [2.45, 2.75) is 45.3 Å². The predicted molar refractivity (Wildman–Crippen MR) is 117 cm³/mol. The van der Waals surface area contributed by atoms with Gasteiger partial charge in [0.15, 0.2) is 6.10 Å². The number of aromatic nitrogens is 1. The van der Waals surface area contributed by atoms with E-state index in [0.717, 1.165) is 0 Å². The van der Waals surface area contributed by atoms with Crippen LogP contribution in [-0.4, -0.2) is 52.0 Å². The fourth-order valence-electron chi connectivity index (χ4n) is 4.04. The molecular formula is C23H30FN3O5. The first-order chi connectivity index (χ1) is 15.0. The van der Waals surface area contributed by atoms with E-state index in [0.29, 0.717) is 59.8 Å². The van der Waals surface area contributed by atoms with Crippen LogP contribution in [0.1, 0.15) is 51.8 Å². The molecule has 1 fully saturated rings. The van der Waals surface area contributed by atoms with Crippen molar-refractivity contribution in [2.24, 2.45) is 7.05 Å². The lowest BCUT2D eigenvalue weighted by Crippen LogP contribution is -2.47. The Kier molecular flexibility index (Phi) is 7.02. The van der Waals surface area contributed by atoms with Crippen LogP contribution in [0.4, 0.5) is 10.1 Å². The second-order valence-electron chi connectivity index (χ2n) is 8.40. The number of aliphatic hydroxyl groups excluding tert-OH is 1. The molecule has 1 aliphatic rings. The molecule has 0 bridgehead atoms. The van der Waals surface area contributed by atoms with E-state index >= 15 is 0 Å². The van der Waals surface area contributed by atoms with Crippen LogP contribution in [0.5, 0.6) is 0 Å². The molecule has 8 nitrogen and oxygen atoms in total. The molecule has 2 amide bonds. The molecule has 1 aliphatic heterocycles. The predicted octanol–water partition coefficient (Wildman–Crippen LogP) is 2.03. The lowest BCUT2D eigenvalue weighted by Gasteiger charge is -2.32. The Morgan fingerprint density at radius 3 is 2.53 bits per heavy atom. The number of anilines is 1. The summed E-state index contributed by atoms with van der Waals surface area (Å²) in [6.07, 6.45) is -0.714. The second kappa shape index (κ2) is 9.40. The van der Waals surface area contributed by atoms with E-state index < -0.39 is 23.5 Å². The number of rotatable bonds is 6. The first kappa shape index (κ1) is 23.9. The van der Waals surface area contributed by atoms with Crippen LogP contribution >= 0.6 is 0 Å². The molecule has 2 heterocycles. The molecule has 1 aromatic carbocycles. The number of aliphatic hydroxyl groups is 2. The number of nitrogens with zero attached hydrogens (tertiary/aromatic N) is 1. The highest BCUT2D eigenvalue weighted by molar-refractivity contribution is 6.06. The lowest BCUT2D eigenvalue weighted by molar-refractivity contribution is -0.132. The van der Waals surface area contributed by atoms with Gasteiger partial charge in [-0.3, -0.25) is 9.59 Å². The summed E-state index contributed by atoms with van der Waals surface area (Å²) in [6, 6.07) is 4.28. The van der Waals surface area contributed by atoms with Crippen molar-refractivity contribution in [3.8, 4) is 0 Å². The van der Waals surface area contributed by atoms with Crippen molar-refractivity contribution in [1.82, 2.24) is 9.88 Å². The Hall–Kier alpha value is -2.75. The van der Waals surface area contributed by atoms with Gasteiger partial charge in [-0.15, -0.1) is 0 Å². The maximum Gasteiger partial charge on any atom is 0.257 e. The van der Waals surface area contributed by atoms with Crippen molar-refractivity contribution < 1.29 is 28.9 Å². The zero-order valence-electron chi connectivity index (χ0n) is 18.8. The summed E-state index contributed by atoms with van der Waals surface area (Å²) in [6.45, 7) is 5.82. The molecule has 0 aliphatic carbocycles. The standard InChI is InChI=1S/C23H30FN3O5/c1-13-11-16(5-6-17(13)24)26-21(29)18-14(2)19(27(4)15(18)3)20(28)22(30)25-12-23(31)7-9-32-10-8-23/h5-6,11,20,28,31H,7-10,12H2,1-4H3,(H,25,30)(H,26,29). The van der Waals surface area contributed by atoms with E-state index in [2.05, 4.69) is 10.6 Å². The number of amides is 2. The topological polar surface area (TPSA) is 113 Å². The summed E-state index contributed by atoms with van der Waals surface area (Å²) < 4.78 is 20.3. The lowest BCUT2D eigenvalue weighted by atomic mass is 9.94. The highest BCUT2D eigenvalue weighted by Crippen LogP contribution is 2.28. The van der Waals surface area contributed by atoms with Crippen molar-refractivity contribution in [1.29, 1.82) is 0 Å². The fourth-order valence-corrected chi connectivity index (χ4v) is 4.04. The van der Waals surface area contributed by atoms with Gasteiger partial charge in [-0.25, -0.2) is 4.39 Å². The summed E-state index contributed by atoms with van der Waals surface area (Å²) in [5, 5.41) is 26.6. The molecule has 1 atom stereocenters. The van der Waals surface area contributed by atoms with Crippen LogP contribution in [0.15, 0.2) is 18.2 Å². The van der Waals surface area contributed by atoms with Crippen LogP contribution < -0.4 is 10.6 Å². The third-order valence-corrected chi connectivity index (χ3v) is 6.15. The second-order valence-corrected chi connectivity index (χ2v) is 8.40. The average molecular weight is 448 g/mol. The zero-order valence-corrected chi connectivity index (χ0v) is 18.8. The van der Waals surface area contributed by atoms with Crippen molar-refractivity contribution >= 4 is 17.5 Å². The highest BCUT2D eigenvalue weighted by Gasteiger charge is 2.33. The van der Waals surface area contributed by atoms with Gasteiger partial charge in [-0.05, 0) is 50.1 Å². The largest absolute Gasteiger partial charge is 0.388 e. The van der Waals surface area contributed by atoms with Gasteiger partial charge in [0.25, 0.3) is 11.8 Å². The fraction of sp³-hybridized carbons (Fsp3) is 0.478. The zero-order chi connectivity index (χ0) is 23.6. The number of carbonyl (C=O) groups excluding carboxylic acids is 2. The van der Waals surface area contributed by atoms with E-state index in [1.165, 1.54) is 18.2 Å². The van der Waals surface area contributed by atoms with E-state index in [9.17, 15) is 24.2 Å². The molecule has 0 radical (unpaired) electrons. The molecule has 0 spiro atoms. The van der Waals surface area contributed by atoms with E-state index in [1.54, 1.807) is 32.4 Å². The molecule has 0 saturated carbocycles. The monoisotopic (exact) mass is 447 g/mol. The third kappa shape index (κ3) is 4.85. The molecule has 1 unspecified atom stereocenters. The summed E-state index contributed by atoms with van der Waals surface area (Å²) in [4.78, 5) is 25.6. The summed E-state index contributed by atoms with van der Waals surface area (Å²) in [7, 11) is 1.67. The van der Waals surface area contributed by atoms with Crippen LogP contribution in [-0.2, 0) is 16.6 Å². The van der Waals surface area contributed by atoms with Gasteiger partial charge in [0, 0.05) is 51.0 Å². The van der Waals surface area contributed by atoms with Gasteiger partial charge in [-0.1, -0.05) is 0 Å². The van der Waals surface area contributed by atoms with Crippen molar-refractivity contribution in [3.05, 3.63) is 52.1 Å². The quantitative estimate of drug-likeness (QED) is 0.541. The Morgan fingerprint density at radius 2 is 1.91 bits per heavy atom. The minimum atomic E-state index is -1.52. The molecule has 174 valence electrons. The number of halogens is 1. The average Bonchev–Trinajstić information content (AvgIpc) is 2.97. The molecule has 3 rings (SSSR count). The Labute approximate surface area is 186 Å². The molecule has 1 saturated heterocycles. The first-order valence-electron chi connectivity index (χ1n) is 10.5. The maximum atomic E-state index is 13.5. The minimum Gasteiger partial charge on any atom is -0.388 e. The molecule has 32 heavy (non-hydrogen) atoms. The van der Waals surface area contributed by atoms with Gasteiger partial charge in [0.05, 0.1) is 16.9 Å². The minimum absolute atomic E-state index is 0.00592. The molecular weight excluding hydrogens is 417 g/mol. The van der Waals surface area contributed by atoms with Gasteiger partial charge in [0.1, 0.15) is 5.82 Å². The Morgan fingerprint density at radius 1 is 1.25 bits per heavy atom. The maximum absolute atomic E-state index is 13.5. The van der Waals surface area contributed by atoms with Gasteiger partial charge in [0.2, 0.25) is 0 Å². The van der Waals surface area contributed by atoms with Crippen molar-refractivity contribution in [3.63, 3.8) is 0 Å². The van der Waals surface area contributed by atoms with Crippen LogP contribution in [0.2, 0.25) is 0 Å². The number of aryl methyl sites for hydroxylation is 1. The number of hydrogen-bond donors (Lipinski definition) is 4. The summed E-state index contributed by atoms with van der Waals surface area (Å²) in [5.41, 5.74) is 1.45.